The Balaban J connectivity index is 2.56. The number of hydrogen-bond acceptors (Lipinski definition) is 11. The Morgan fingerprint density at radius 3 is 1.21 bits per heavy atom. The average Bonchev–Trinajstić information content (AvgIpc) is 3.74. The standard InChI is InChI=1S/C60H108O11/c1-4-7-10-31-40-51(62)43-34-25-19-13-16-22-28-37-46-56(65)69-54(49-61)59-60(71-58(67)48-39-30-24-18-15-21-27-36-45-53(64)42-33-12-9-6-3)55(50-68-59)70-57(66)47-38-29-23-17-14-20-26-35-44-52(63)41-32-11-8-5-2/h25-27,34-36,51-55,59-64H,4-24,28-33,37-50H2,1-3H3/b34-25-,35-26-,36-27-/t51-,52-,53-,54-,55+,59?,60-/m1/s1. The van der Waals surface area contributed by atoms with E-state index in [2.05, 4.69) is 57.2 Å². The first kappa shape index (κ1) is 66.4. The Labute approximate surface area is 433 Å². The second-order valence-corrected chi connectivity index (χ2v) is 20.5. The molecule has 1 saturated heterocycles. The molecule has 0 aliphatic carbocycles. The minimum atomic E-state index is -1.08. The second-order valence-electron chi connectivity index (χ2n) is 20.5. The number of hydrogen-bond donors (Lipinski definition) is 4. The summed E-state index contributed by atoms with van der Waals surface area (Å²) in [6.45, 7) is 6.01. The van der Waals surface area contributed by atoms with Crippen molar-refractivity contribution in [1.82, 2.24) is 0 Å². The van der Waals surface area contributed by atoms with Crippen molar-refractivity contribution in [2.75, 3.05) is 13.2 Å². The normalized spacial score (nSPS) is 17.9. The molecule has 4 N–H and O–H groups in total. The molecule has 0 aromatic carbocycles. The van der Waals surface area contributed by atoms with E-state index in [1.165, 1.54) is 57.8 Å². The summed E-state index contributed by atoms with van der Waals surface area (Å²) in [4.78, 5) is 39.3. The van der Waals surface area contributed by atoms with E-state index in [0.717, 1.165) is 135 Å². The summed E-state index contributed by atoms with van der Waals surface area (Å²) >= 11 is 0. The molecule has 0 spiro atoms. The van der Waals surface area contributed by atoms with Crippen molar-refractivity contribution in [3.8, 4) is 0 Å². The third-order valence-electron chi connectivity index (χ3n) is 13.7. The number of aliphatic hydroxyl groups excluding tert-OH is 4. The smallest absolute Gasteiger partial charge is 0.306 e. The van der Waals surface area contributed by atoms with Crippen molar-refractivity contribution in [2.24, 2.45) is 0 Å². The van der Waals surface area contributed by atoms with Crippen molar-refractivity contribution in [1.29, 1.82) is 0 Å². The molecule has 1 aliphatic heterocycles. The summed E-state index contributed by atoms with van der Waals surface area (Å²) in [7, 11) is 0. The maximum absolute atomic E-state index is 13.2. The Morgan fingerprint density at radius 1 is 0.465 bits per heavy atom. The van der Waals surface area contributed by atoms with Crippen molar-refractivity contribution in [3.63, 3.8) is 0 Å². The van der Waals surface area contributed by atoms with E-state index in [9.17, 15) is 34.8 Å². The summed E-state index contributed by atoms with van der Waals surface area (Å²) in [5.41, 5.74) is 0. The molecule has 11 heteroatoms. The summed E-state index contributed by atoms with van der Waals surface area (Å²) in [5.74, 6) is -1.29. The van der Waals surface area contributed by atoms with E-state index in [-0.39, 0.29) is 44.2 Å². The van der Waals surface area contributed by atoms with Gasteiger partial charge in [-0.3, -0.25) is 14.4 Å². The van der Waals surface area contributed by atoms with E-state index in [0.29, 0.717) is 38.5 Å². The van der Waals surface area contributed by atoms with Crippen molar-refractivity contribution in [2.45, 2.75) is 314 Å². The van der Waals surface area contributed by atoms with Crippen LogP contribution in [0.4, 0.5) is 0 Å². The fourth-order valence-corrected chi connectivity index (χ4v) is 9.12. The lowest BCUT2D eigenvalue weighted by Gasteiger charge is -2.28. The van der Waals surface area contributed by atoms with Crippen LogP contribution in [0.1, 0.15) is 271 Å². The molecule has 0 aromatic rings. The van der Waals surface area contributed by atoms with Crippen LogP contribution < -0.4 is 0 Å². The van der Waals surface area contributed by atoms with Crippen LogP contribution in [0, 0.1) is 0 Å². The molecular weight excluding hydrogens is 897 g/mol. The number of aliphatic hydroxyl groups is 4. The van der Waals surface area contributed by atoms with Gasteiger partial charge in [-0.2, -0.15) is 0 Å². The van der Waals surface area contributed by atoms with Crippen LogP contribution >= 0.6 is 0 Å². The zero-order chi connectivity index (χ0) is 51.8. The van der Waals surface area contributed by atoms with Crippen LogP contribution in [0.2, 0.25) is 0 Å². The third-order valence-corrected chi connectivity index (χ3v) is 13.7. The maximum atomic E-state index is 13.2. The largest absolute Gasteiger partial charge is 0.457 e. The number of allylic oxidation sites excluding steroid dienone is 3. The molecule has 1 rings (SSSR count). The van der Waals surface area contributed by atoms with Gasteiger partial charge < -0.3 is 39.4 Å². The van der Waals surface area contributed by atoms with Gasteiger partial charge in [-0.15, -0.1) is 0 Å². The van der Waals surface area contributed by atoms with Gasteiger partial charge in [0, 0.05) is 19.3 Å². The van der Waals surface area contributed by atoms with E-state index in [4.69, 9.17) is 18.9 Å². The van der Waals surface area contributed by atoms with Gasteiger partial charge in [0.2, 0.25) is 0 Å². The zero-order valence-corrected chi connectivity index (χ0v) is 45.6. The van der Waals surface area contributed by atoms with Gasteiger partial charge >= 0.3 is 17.9 Å². The fourth-order valence-electron chi connectivity index (χ4n) is 9.12. The molecule has 0 bridgehead atoms. The highest BCUT2D eigenvalue weighted by atomic mass is 16.6. The van der Waals surface area contributed by atoms with Crippen molar-refractivity contribution in [3.05, 3.63) is 36.5 Å². The third kappa shape index (κ3) is 39.6. The second kappa shape index (κ2) is 48.4. The van der Waals surface area contributed by atoms with Gasteiger partial charge in [0.15, 0.2) is 18.3 Å². The van der Waals surface area contributed by atoms with Crippen molar-refractivity contribution >= 4 is 17.9 Å². The molecule has 1 fully saturated rings. The Bertz CT molecular complexity index is 1330. The van der Waals surface area contributed by atoms with Gasteiger partial charge in [-0.25, -0.2) is 0 Å². The molecule has 414 valence electrons. The highest BCUT2D eigenvalue weighted by molar-refractivity contribution is 5.71. The van der Waals surface area contributed by atoms with E-state index in [1.807, 2.05) is 0 Å². The zero-order valence-electron chi connectivity index (χ0n) is 45.6. The molecule has 1 unspecified atom stereocenters. The van der Waals surface area contributed by atoms with E-state index >= 15 is 0 Å². The molecule has 0 aromatic heterocycles. The molecular formula is C60H108O11. The highest BCUT2D eigenvalue weighted by Crippen LogP contribution is 2.27. The summed E-state index contributed by atoms with van der Waals surface area (Å²) < 4.78 is 23.5. The monoisotopic (exact) mass is 1000 g/mol. The highest BCUT2D eigenvalue weighted by Gasteiger charge is 2.47. The van der Waals surface area contributed by atoms with E-state index < -0.39 is 48.9 Å². The Hall–Kier alpha value is -2.57. The van der Waals surface area contributed by atoms with Crippen LogP contribution in [-0.2, 0) is 33.3 Å². The first-order chi connectivity index (χ1) is 34.6. The quantitative estimate of drug-likeness (QED) is 0.0198. The van der Waals surface area contributed by atoms with Crippen LogP contribution in [0.25, 0.3) is 0 Å². The summed E-state index contributed by atoms with van der Waals surface area (Å²) in [6.07, 6.45) is 44.4. The van der Waals surface area contributed by atoms with Gasteiger partial charge in [0.05, 0.1) is 31.5 Å². The Morgan fingerprint density at radius 2 is 0.817 bits per heavy atom. The van der Waals surface area contributed by atoms with Crippen LogP contribution in [0.15, 0.2) is 36.5 Å². The topological polar surface area (TPSA) is 169 Å². The number of carbonyl (C=O) groups excluding carboxylic acids is 3. The predicted octanol–water partition coefficient (Wildman–Crippen LogP) is 14.1. The number of rotatable bonds is 50. The number of ether oxygens (including phenoxy) is 4. The van der Waals surface area contributed by atoms with Gasteiger partial charge in [-0.05, 0) is 96.3 Å². The van der Waals surface area contributed by atoms with Crippen LogP contribution in [0.5, 0.6) is 0 Å². The minimum Gasteiger partial charge on any atom is -0.457 e. The Kier molecular flexibility index (Phi) is 45.3. The summed E-state index contributed by atoms with van der Waals surface area (Å²) in [6, 6.07) is 0. The van der Waals surface area contributed by atoms with Crippen molar-refractivity contribution < 1.29 is 53.8 Å². The van der Waals surface area contributed by atoms with Gasteiger partial charge in [0.1, 0.15) is 6.10 Å². The average molecular weight is 1010 g/mol. The maximum Gasteiger partial charge on any atom is 0.306 e. The molecule has 0 radical (unpaired) electrons. The molecule has 71 heavy (non-hydrogen) atoms. The fraction of sp³-hybridized carbons (Fsp3) is 0.850. The molecule has 1 aliphatic rings. The number of unbranched alkanes of at least 4 members (excludes halogenated alkanes) is 24. The lowest BCUT2D eigenvalue weighted by atomic mass is 10.0. The van der Waals surface area contributed by atoms with E-state index in [1.54, 1.807) is 0 Å². The van der Waals surface area contributed by atoms with Crippen LogP contribution in [0.3, 0.4) is 0 Å². The number of carbonyl (C=O) groups is 3. The lowest BCUT2D eigenvalue weighted by molar-refractivity contribution is -0.175. The lowest BCUT2D eigenvalue weighted by Crippen LogP contribution is -2.46. The molecule has 0 saturated carbocycles. The number of esters is 3. The van der Waals surface area contributed by atoms with Gasteiger partial charge in [-0.1, -0.05) is 192 Å². The molecule has 11 nitrogen and oxygen atoms in total. The first-order valence-electron chi connectivity index (χ1n) is 29.4. The van der Waals surface area contributed by atoms with Crippen LogP contribution in [-0.4, -0.2) is 94.3 Å². The molecule has 0 amide bonds. The molecule has 7 atom stereocenters. The minimum absolute atomic E-state index is 0.0347. The first-order valence-corrected chi connectivity index (χ1v) is 29.4. The summed E-state index contributed by atoms with van der Waals surface area (Å²) in [5, 5.41) is 40.9. The SMILES string of the molecule is CCCCCC[C@@H](O)C/C=C\CCCCCCCC(=O)O[C@H]1COC([C@@H](CO)OC(=O)CCCCCCC/C=C\C[C@H](O)CCCCCC)[C@@H]1OC(=O)CCCCCCC/C=C\C[C@H](O)CCCCCC. The predicted molar refractivity (Wildman–Crippen MR) is 289 cm³/mol. The van der Waals surface area contributed by atoms with Gasteiger partial charge in [0.25, 0.3) is 0 Å². The molecule has 1 heterocycles.